The molecule has 18 heavy (non-hydrogen) atoms. The molecule has 94 valence electrons. The van der Waals surface area contributed by atoms with Crippen molar-refractivity contribution in [2.45, 2.75) is 19.4 Å². The van der Waals surface area contributed by atoms with Crippen LogP contribution >= 0.6 is 11.6 Å². The fourth-order valence-electron chi connectivity index (χ4n) is 1.76. The Balaban J connectivity index is 1.97. The van der Waals surface area contributed by atoms with Gasteiger partial charge in [0.05, 0.1) is 23.1 Å². The maximum atomic E-state index is 12.0. The smallest absolute Gasteiger partial charge is 0.253 e. The lowest BCUT2D eigenvalue weighted by molar-refractivity contribution is 0.0940. The summed E-state index contributed by atoms with van der Waals surface area (Å²) in [5.74, 6) is -0.156. The Morgan fingerprint density at radius 2 is 2.17 bits per heavy atom. The van der Waals surface area contributed by atoms with Gasteiger partial charge in [-0.3, -0.25) is 4.79 Å². The minimum Gasteiger partial charge on any atom is -0.472 e. The van der Waals surface area contributed by atoms with E-state index in [2.05, 4.69) is 5.32 Å². The van der Waals surface area contributed by atoms with Gasteiger partial charge in [-0.25, -0.2) is 0 Å². The molecule has 0 bridgehead atoms. The number of carbonyl (C=O) groups is 1. The molecule has 0 unspecified atom stereocenters. The molecule has 0 radical (unpaired) electrons. The molecule has 2 rings (SSSR count). The number of amides is 1. The first-order valence-corrected chi connectivity index (χ1v) is 6.11. The lowest BCUT2D eigenvalue weighted by Crippen LogP contribution is -2.34. The molecule has 1 heterocycles. The van der Waals surface area contributed by atoms with E-state index >= 15 is 0 Å². The number of benzene rings is 1. The normalized spacial score (nSPS) is 12.1. The SMILES string of the molecule is C[C@@H](Cc1ccoc1)NC(=O)c1ccccc1Cl. The summed E-state index contributed by atoms with van der Waals surface area (Å²) in [5, 5.41) is 3.37. The van der Waals surface area contributed by atoms with Crippen molar-refractivity contribution >= 4 is 17.5 Å². The molecule has 2 aromatic rings. The lowest BCUT2D eigenvalue weighted by atomic mass is 10.1. The van der Waals surface area contributed by atoms with Crippen molar-refractivity contribution in [1.29, 1.82) is 0 Å². The van der Waals surface area contributed by atoms with Crippen LogP contribution in [0.5, 0.6) is 0 Å². The van der Waals surface area contributed by atoms with Gasteiger partial charge < -0.3 is 9.73 Å². The fourth-order valence-corrected chi connectivity index (χ4v) is 1.98. The molecule has 1 N–H and O–H groups in total. The topological polar surface area (TPSA) is 42.2 Å². The highest BCUT2D eigenvalue weighted by Gasteiger charge is 2.13. The molecule has 1 aromatic heterocycles. The summed E-state index contributed by atoms with van der Waals surface area (Å²) in [6, 6.07) is 8.92. The molecule has 1 aromatic carbocycles. The van der Waals surface area contributed by atoms with Crippen LogP contribution in [0.3, 0.4) is 0 Å². The van der Waals surface area contributed by atoms with Gasteiger partial charge in [0.2, 0.25) is 0 Å². The average Bonchev–Trinajstić information content (AvgIpc) is 2.82. The summed E-state index contributed by atoms with van der Waals surface area (Å²) in [5.41, 5.74) is 1.56. The van der Waals surface area contributed by atoms with E-state index in [4.69, 9.17) is 16.0 Å². The molecule has 0 aliphatic heterocycles. The third kappa shape index (κ3) is 3.14. The van der Waals surface area contributed by atoms with Crippen LogP contribution in [0.15, 0.2) is 47.3 Å². The van der Waals surface area contributed by atoms with Gasteiger partial charge >= 0.3 is 0 Å². The third-order valence-corrected chi connectivity index (χ3v) is 2.95. The third-order valence-electron chi connectivity index (χ3n) is 2.62. The number of hydrogen-bond acceptors (Lipinski definition) is 2. The average molecular weight is 264 g/mol. The zero-order valence-corrected chi connectivity index (χ0v) is 10.8. The van der Waals surface area contributed by atoms with E-state index in [-0.39, 0.29) is 11.9 Å². The predicted molar refractivity (Wildman–Crippen MR) is 70.8 cm³/mol. The first kappa shape index (κ1) is 12.7. The summed E-state index contributed by atoms with van der Waals surface area (Å²) in [6.45, 7) is 1.95. The second-order valence-electron chi connectivity index (χ2n) is 4.19. The van der Waals surface area contributed by atoms with Gasteiger partial charge in [-0.15, -0.1) is 0 Å². The molecule has 0 fully saturated rings. The van der Waals surface area contributed by atoms with Gasteiger partial charge in [0.25, 0.3) is 5.91 Å². The number of carbonyl (C=O) groups excluding carboxylic acids is 1. The van der Waals surface area contributed by atoms with Gasteiger partial charge in [-0.1, -0.05) is 23.7 Å². The fraction of sp³-hybridized carbons (Fsp3) is 0.214. The highest BCUT2D eigenvalue weighted by molar-refractivity contribution is 6.33. The summed E-state index contributed by atoms with van der Waals surface area (Å²) in [7, 11) is 0. The zero-order valence-electron chi connectivity index (χ0n) is 10.0. The minimum atomic E-state index is -0.156. The number of hydrogen-bond donors (Lipinski definition) is 1. The van der Waals surface area contributed by atoms with Gasteiger partial charge in [0.15, 0.2) is 0 Å². The van der Waals surface area contributed by atoms with E-state index in [0.717, 1.165) is 12.0 Å². The maximum absolute atomic E-state index is 12.0. The summed E-state index contributed by atoms with van der Waals surface area (Å²) in [6.07, 6.45) is 4.03. The summed E-state index contributed by atoms with van der Waals surface area (Å²) in [4.78, 5) is 12.0. The van der Waals surface area contributed by atoms with Crippen molar-refractivity contribution in [3.05, 3.63) is 59.0 Å². The van der Waals surface area contributed by atoms with E-state index in [0.29, 0.717) is 10.6 Å². The molecule has 0 aliphatic rings. The van der Waals surface area contributed by atoms with Gasteiger partial charge in [-0.2, -0.15) is 0 Å². The van der Waals surface area contributed by atoms with Crippen molar-refractivity contribution in [1.82, 2.24) is 5.32 Å². The summed E-state index contributed by atoms with van der Waals surface area (Å²) < 4.78 is 4.99. The van der Waals surface area contributed by atoms with E-state index in [1.165, 1.54) is 0 Å². The Hall–Kier alpha value is -1.74. The standard InChI is InChI=1S/C14H14ClNO2/c1-10(8-11-6-7-18-9-11)16-14(17)12-4-2-3-5-13(12)15/h2-7,9-10H,8H2,1H3,(H,16,17)/t10-/m0/s1. The van der Waals surface area contributed by atoms with Crippen LogP contribution in [0, 0.1) is 0 Å². The van der Waals surface area contributed by atoms with Crippen LogP contribution < -0.4 is 5.32 Å². The molecule has 0 aliphatic carbocycles. The zero-order chi connectivity index (χ0) is 13.0. The van der Waals surface area contributed by atoms with E-state index in [1.807, 2.05) is 13.0 Å². The highest BCUT2D eigenvalue weighted by Crippen LogP contribution is 2.15. The Labute approximate surface area is 111 Å². The molecule has 3 nitrogen and oxygen atoms in total. The Morgan fingerprint density at radius 1 is 1.39 bits per heavy atom. The van der Waals surface area contributed by atoms with Crippen molar-refractivity contribution in [3.63, 3.8) is 0 Å². The first-order valence-electron chi connectivity index (χ1n) is 5.73. The van der Waals surface area contributed by atoms with Gasteiger partial charge in [0.1, 0.15) is 0 Å². The summed E-state index contributed by atoms with van der Waals surface area (Å²) >= 11 is 5.97. The second kappa shape index (κ2) is 5.74. The molecule has 0 spiro atoms. The maximum Gasteiger partial charge on any atom is 0.253 e. The molecule has 1 amide bonds. The Kier molecular flexibility index (Phi) is 4.05. The van der Waals surface area contributed by atoms with Crippen LogP contribution in [0.1, 0.15) is 22.8 Å². The highest BCUT2D eigenvalue weighted by atomic mass is 35.5. The quantitative estimate of drug-likeness (QED) is 0.920. The molecule has 0 saturated carbocycles. The number of nitrogens with one attached hydrogen (secondary N) is 1. The Morgan fingerprint density at radius 3 is 2.83 bits per heavy atom. The van der Waals surface area contributed by atoms with Crippen LogP contribution in [0.25, 0.3) is 0 Å². The number of furan rings is 1. The molecule has 4 heteroatoms. The second-order valence-corrected chi connectivity index (χ2v) is 4.60. The number of rotatable bonds is 4. The monoisotopic (exact) mass is 263 g/mol. The number of halogens is 1. The van der Waals surface area contributed by atoms with Crippen molar-refractivity contribution in [2.75, 3.05) is 0 Å². The van der Waals surface area contributed by atoms with Gasteiger partial charge in [0, 0.05) is 6.04 Å². The van der Waals surface area contributed by atoms with E-state index < -0.39 is 0 Å². The van der Waals surface area contributed by atoms with Crippen molar-refractivity contribution in [2.24, 2.45) is 0 Å². The van der Waals surface area contributed by atoms with Crippen LogP contribution in [-0.4, -0.2) is 11.9 Å². The molecule has 1 atom stereocenters. The molecular weight excluding hydrogens is 250 g/mol. The van der Waals surface area contributed by atoms with Gasteiger partial charge in [-0.05, 0) is 37.1 Å². The minimum absolute atomic E-state index is 0.0198. The van der Waals surface area contributed by atoms with Crippen molar-refractivity contribution < 1.29 is 9.21 Å². The molecule has 0 saturated heterocycles. The van der Waals surface area contributed by atoms with Crippen molar-refractivity contribution in [3.8, 4) is 0 Å². The predicted octanol–water partition coefficient (Wildman–Crippen LogP) is 3.29. The van der Waals surface area contributed by atoms with Crippen LogP contribution in [0.4, 0.5) is 0 Å². The largest absolute Gasteiger partial charge is 0.472 e. The molecular formula is C14H14ClNO2. The van der Waals surface area contributed by atoms with E-state index in [1.54, 1.807) is 36.8 Å². The van der Waals surface area contributed by atoms with Crippen LogP contribution in [-0.2, 0) is 6.42 Å². The lowest BCUT2D eigenvalue weighted by Gasteiger charge is -2.13. The Bertz CT molecular complexity index is 522. The van der Waals surface area contributed by atoms with E-state index in [9.17, 15) is 4.79 Å². The first-order chi connectivity index (χ1) is 8.66. The van der Waals surface area contributed by atoms with Crippen LogP contribution in [0.2, 0.25) is 5.02 Å².